The zero-order valence-corrected chi connectivity index (χ0v) is 14.7. The van der Waals surface area contributed by atoms with Crippen molar-refractivity contribution in [2.75, 3.05) is 11.9 Å². The maximum atomic E-state index is 12.0. The molecule has 0 aliphatic carbocycles. The normalized spacial score (nSPS) is 10.6. The molecule has 0 atom stereocenters. The Bertz CT molecular complexity index is 890. The molecule has 0 fully saturated rings. The zero-order valence-electron chi connectivity index (χ0n) is 13.9. The molecule has 0 saturated carbocycles. The predicted octanol–water partition coefficient (Wildman–Crippen LogP) is 3.62. The lowest BCUT2D eigenvalue weighted by atomic mass is 10.2. The first-order valence-corrected chi connectivity index (χ1v) is 9.00. The summed E-state index contributed by atoms with van der Waals surface area (Å²) in [5.41, 5.74) is 2.72. The molecule has 2 N–H and O–H groups in total. The predicted molar refractivity (Wildman–Crippen MR) is 101 cm³/mol. The molecule has 0 bridgehead atoms. The number of nitrogens with zero attached hydrogens (tertiary/aromatic N) is 1. The van der Waals surface area contributed by atoms with E-state index in [1.54, 1.807) is 24.3 Å². The van der Waals surface area contributed by atoms with Crippen molar-refractivity contribution < 1.29 is 9.59 Å². The van der Waals surface area contributed by atoms with E-state index in [0.717, 1.165) is 16.6 Å². The fourth-order valence-corrected chi connectivity index (χ4v) is 3.35. The van der Waals surface area contributed by atoms with Gasteiger partial charge in [0, 0.05) is 18.5 Å². The fourth-order valence-electron chi connectivity index (χ4n) is 2.41. The van der Waals surface area contributed by atoms with Gasteiger partial charge in [-0.1, -0.05) is 42.5 Å². The molecule has 0 aliphatic heterocycles. The minimum Gasteiger partial charge on any atom is -0.352 e. The summed E-state index contributed by atoms with van der Waals surface area (Å²) in [6.07, 6.45) is 1.17. The Kier molecular flexibility index (Phi) is 5.40. The minimum absolute atomic E-state index is 0.164. The van der Waals surface area contributed by atoms with E-state index in [9.17, 15) is 9.59 Å². The lowest BCUT2D eigenvalue weighted by Gasteiger charge is -2.05. The van der Waals surface area contributed by atoms with Crippen LogP contribution in [0.4, 0.5) is 5.13 Å². The first-order valence-electron chi connectivity index (χ1n) is 8.18. The summed E-state index contributed by atoms with van der Waals surface area (Å²) in [7, 11) is 0. The van der Waals surface area contributed by atoms with Crippen LogP contribution < -0.4 is 10.6 Å². The number of aryl methyl sites for hydroxylation is 1. The SMILES string of the molecule is CCc1ccc2nc(NC(=O)CCNC(=O)c3ccccc3)sc2c1. The first kappa shape index (κ1) is 17.1. The van der Waals surface area contributed by atoms with Crippen LogP contribution in [-0.2, 0) is 11.2 Å². The van der Waals surface area contributed by atoms with Crippen molar-refractivity contribution in [3.05, 3.63) is 59.7 Å². The molecule has 2 aromatic carbocycles. The molecule has 3 rings (SSSR count). The van der Waals surface area contributed by atoms with Crippen LogP contribution in [0.15, 0.2) is 48.5 Å². The highest BCUT2D eigenvalue weighted by Crippen LogP contribution is 2.27. The Hall–Kier alpha value is -2.73. The third kappa shape index (κ3) is 4.42. The molecule has 0 aliphatic rings. The average Bonchev–Trinajstić information content (AvgIpc) is 3.03. The van der Waals surface area contributed by atoms with Crippen LogP contribution in [0.25, 0.3) is 10.2 Å². The number of benzene rings is 2. The maximum absolute atomic E-state index is 12.0. The third-order valence-corrected chi connectivity index (χ3v) is 4.71. The molecule has 128 valence electrons. The smallest absolute Gasteiger partial charge is 0.251 e. The molecule has 0 unspecified atom stereocenters. The van der Waals surface area contributed by atoms with E-state index in [-0.39, 0.29) is 24.8 Å². The van der Waals surface area contributed by atoms with Gasteiger partial charge in [-0.3, -0.25) is 9.59 Å². The Morgan fingerprint density at radius 1 is 1.12 bits per heavy atom. The minimum atomic E-state index is -0.180. The van der Waals surface area contributed by atoms with E-state index >= 15 is 0 Å². The van der Waals surface area contributed by atoms with Crippen LogP contribution in [0.2, 0.25) is 0 Å². The number of anilines is 1. The van der Waals surface area contributed by atoms with E-state index in [1.807, 2.05) is 18.2 Å². The summed E-state index contributed by atoms with van der Waals surface area (Å²) in [5.74, 6) is -0.344. The molecule has 5 nitrogen and oxygen atoms in total. The largest absolute Gasteiger partial charge is 0.352 e. The summed E-state index contributed by atoms with van der Waals surface area (Å²) in [6, 6.07) is 15.1. The van der Waals surface area contributed by atoms with Gasteiger partial charge in [-0.25, -0.2) is 4.98 Å². The zero-order chi connectivity index (χ0) is 17.6. The van der Waals surface area contributed by atoms with Gasteiger partial charge in [0.1, 0.15) is 0 Å². The van der Waals surface area contributed by atoms with Gasteiger partial charge in [-0.05, 0) is 36.2 Å². The average molecular weight is 353 g/mol. The van der Waals surface area contributed by atoms with E-state index in [0.29, 0.717) is 10.7 Å². The summed E-state index contributed by atoms with van der Waals surface area (Å²) < 4.78 is 1.06. The summed E-state index contributed by atoms with van der Waals surface area (Å²) >= 11 is 1.46. The van der Waals surface area contributed by atoms with Crippen molar-refractivity contribution >= 4 is 38.5 Å². The molecule has 25 heavy (non-hydrogen) atoms. The number of carbonyl (C=O) groups excluding carboxylic acids is 2. The highest BCUT2D eigenvalue weighted by Gasteiger charge is 2.09. The van der Waals surface area contributed by atoms with Crippen molar-refractivity contribution in [2.45, 2.75) is 19.8 Å². The molecule has 0 radical (unpaired) electrons. The highest BCUT2D eigenvalue weighted by atomic mass is 32.1. The Balaban J connectivity index is 1.51. The van der Waals surface area contributed by atoms with Crippen LogP contribution >= 0.6 is 11.3 Å². The Labute approximate surface area is 150 Å². The second-order valence-corrected chi connectivity index (χ2v) is 6.63. The van der Waals surface area contributed by atoms with Crippen LogP contribution in [0, 0.1) is 0 Å². The molecule has 0 spiro atoms. The number of thiazole rings is 1. The molecule has 6 heteroatoms. The van der Waals surface area contributed by atoms with Crippen molar-refractivity contribution in [1.29, 1.82) is 0 Å². The molecular formula is C19H19N3O2S. The van der Waals surface area contributed by atoms with E-state index in [2.05, 4.69) is 28.6 Å². The Morgan fingerprint density at radius 3 is 2.68 bits per heavy atom. The number of aromatic nitrogens is 1. The summed E-state index contributed by atoms with van der Waals surface area (Å²) in [5, 5.41) is 6.13. The Morgan fingerprint density at radius 2 is 1.92 bits per heavy atom. The third-order valence-electron chi connectivity index (χ3n) is 3.78. The summed E-state index contributed by atoms with van der Waals surface area (Å²) in [6.45, 7) is 2.39. The second-order valence-electron chi connectivity index (χ2n) is 5.59. The van der Waals surface area contributed by atoms with E-state index in [1.165, 1.54) is 16.9 Å². The molecule has 0 saturated heterocycles. The van der Waals surface area contributed by atoms with Gasteiger partial charge in [0.05, 0.1) is 10.2 Å². The summed E-state index contributed by atoms with van der Waals surface area (Å²) in [4.78, 5) is 28.4. The van der Waals surface area contributed by atoms with Crippen molar-refractivity contribution in [3.63, 3.8) is 0 Å². The van der Waals surface area contributed by atoms with Gasteiger partial charge in [-0.15, -0.1) is 0 Å². The number of rotatable bonds is 6. The van der Waals surface area contributed by atoms with Crippen molar-refractivity contribution in [1.82, 2.24) is 10.3 Å². The van der Waals surface area contributed by atoms with Gasteiger partial charge in [-0.2, -0.15) is 0 Å². The lowest BCUT2D eigenvalue weighted by molar-refractivity contribution is -0.116. The fraction of sp³-hybridized carbons (Fsp3) is 0.211. The van der Waals surface area contributed by atoms with E-state index in [4.69, 9.17) is 0 Å². The molecule has 2 amide bonds. The highest BCUT2D eigenvalue weighted by molar-refractivity contribution is 7.22. The number of fused-ring (bicyclic) bond motifs is 1. The molecule has 3 aromatic rings. The standard InChI is InChI=1S/C19H19N3O2S/c1-2-13-8-9-15-16(12-13)25-19(21-15)22-17(23)10-11-20-18(24)14-6-4-3-5-7-14/h3-9,12H,2,10-11H2,1H3,(H,20,24)(H,21,22,23). The van der Waals surface area contributed by atoms with Crippen molar-refractivity contribution in [2.24, 2.45) is 0 Å². The maximum Gasteiger partial charge on any atom is 0.251 e. The number of carbonyl (C=O) groups is 2. The van der Waals surface area contributed by atoms with Gasteiger partial charge >= 0.3 is 0 Å². The topological polar surface area (TPSA) is 71.1 Å². The lowest BCUT2D eigenvalue weighted by Crippen LogP contribution is -2.27. The number of nitrogens with one attached hydrogen (secondary N) is 2. The number of amides is 2. The number of hydrogen-bond donors (Lipinski definition) is 2. The van der Waals surface area contributed by atoms with E-state index < -0.39 is 0 Å². The quantitative estimate of drug-likeness (QED) is 0.711. The number of hydrogen-bond acceptors (Lipinski definition) is 4. The van der Waals surface area contributed by atoms with Crippen LogP contribution in [-0.4, -0.2) is 23.3 Å². The van der Waals surface area contributed by atoms with Gasteiger partial charge in [0.15, 0.2) is 5.13 Å². The first-order chi connectivity index (χ1) is 12.2. The van der Waals surface area contributed by atoms with Crippen LogP contribution in [0.1, 0.15) is 29.3 Å². The van der Waals surface area contributed by atoms with Crippen molar-refractivity contribution in [3.8, 4) is 0 Å². The molecule has 1 heterocycles. The monoisotopic (exact) mass is 353 g/mol. The van der Waals surface area contributed by atoms with Crippen LogP contribution in [0.3, 0.4) is 0 Å². The van der Waals surface area contributed by atoms with Gasteiger partial charge < -0.3 is 10.6 Å². The van der Waals surface area contributed by atoms with Gasteiger partial charge in [0.2, 0.25) is 5.91 Å². The second kappa shape index (κ2) is 7.90. The van der Waals surface area contributed by atoms with Gasteiger partial charge in [0.25, 0.3) is 5.91 Å². The molecular weight excluding hydrogens is 334 g/mol. The molecule has 1 aromatic heterocycles. The van der Waals surface area contributed by atoms with Crippen LogP contribution in [0.5, 0.6) is 0 Å².